The van der Waals surface area contributed by atoms with Gasteiger partial charge in [0.2, 0.25) is 0 Å². The van der Waals surface area contributed by atoms with Crippen molar-refractivity contribution in [2.45, 2.75) is 105 Å². The molecular weight excluding hydrogens is 966 g/mol. The summed E-state index contributed by atoms with van der Waals surface area (Å²) in [4.78, 5) is 5.29. The number of hydrogen-bond acceptors (Lipinski definition) is 2. The number of benzene rings is 10. The van der Waals surface area contributed by atoms with Crippen molar-refractivity contribution in [1.29, 1.82) is 0 Å². The maximum absolute atomic E-state index is 2.67. The van der Waals surface area contributed by atoms with Crippen LogP contribution in [-0.4, -0.2) is 11.3 Å². The summed E-state index contributed by atoms with van der Waals surface area (Å²) in [6.45, 7) is 27.9. The molecule has 2 aliphatic rings. The second-order valence-electron chi connectivity index (χ2n) is 26.7. The van der Waals surface area contributed by atoms with Gasteiger partial charge in [-0.1, -0.05) is 229 Å². The highest BCUT2D eigenvalue weighted by Gasteiger charge is 2.45. The van der Waals surface area contributed by atoms with Crippen molar-refractivity contribution < 1.29 is 0 Å². The van der Waals surface area contributed by atoms with Crippen LogP contribution in [0.25, 0.3) is 60.9 Å². The number of hydrogen-bond donors (Lipinski definition) is 0. The molecule has 1 aromatic heterocycles. The molecule has 3 heterocycles. The lowest BCUT2D eigenvalue weighted by atomic mass is 9.33. The number of anilines is 6. The van der Waals surface area contributed by atoms with Crippen molar-refractivity contribution >= 4 is 79.0 Å². The van der Waals surface area contributed by atoms with Crippen LogP contribution in [0.4, 0.5) is 34.1 Å². The molecule has 0 fully saturated rings. The highest BCUT2D eigenvalue weighted by Crippen LogP contribution is 2.53. The van der Waals surface area contributed by atoms with Crippen molar-refractivity contribution in [3.05, 3.63) is 241 Å². The Morgan fingerprint density at radius 3 is 1.14 bits per heavy atom. The lowest BCUT2D eigenvalue weighted by Crippen LogP contribution is -2.61. The second-order valence-corrected chi connectivity index (χ2v) is 26.7. The van der Waals surface area contributed by atoms with Gasteiger partial charge in [0.25, 0.3) is 6.71 Å². The van der Waals surface area contributed by atoms with E-state index in [1.165, 1.54) is 117 Å². The summed E-state index contributed by atoms with van der Waals surface area (Å²) >= 11 is 0. The Morgan fingerprint density at radius 2 is 0.675 bits per heavy atom. The zero-order valence-corrected chi connectivity index (χ0v) is 48.7. The minimum atomic E-state index is -0.130. The van der Waals surface area contributed by atoms with Crippen LogP contribution in [-0.2, 0) is 21.7 Å². The Kier molecular flexibility index (Phi) is 11.9. The average Bonchev–Trinajstić information content (AvgIpc) is 3.64. The molecule has 0 bridgehead atoms. The first kappa shape index (κ1) is 51.1. The summed E-state index contributed by atoms with van der Waals surface area (Å²) in [5, 5.41) is 2.54. The quantitative estimate of drug-likeness (QED) is 0.154. The number of rotatable bonds is 6. The molecule has 4 heteroatoms. The molecule has 0 unspecified atom stereocenters. The van der Waals surface area contributed by atoms with Crippen LogP contribution < -0.4 is 26.2 Å². The van der Waals surface area contributed by atoms with Gasteiger partial charge in [-0.05, 0) is 150 Å². The number of para-hydroxylation sites is 2. The Bertz CT molecular complexity index is 4080. The van der Waals surface area contributed by atoms with E-state index in [2.05, 4.69) is 316 Å². The van der Waals surface area contributed by atoms with Gasteiger partial charge in [0.1, 0.15) is 0 Å². The molecule has 11 aromatic rings. The normalized spacial score (nSPS) is 13.4. The minimum absolute atomic E-state index is 0.0362. The molecule has 394 valence electrons. The van der Waals surface area contributed by atoms with Gasteiger partial charge < -0.3 is 14.4 Å². The lowest BCUT2D eigenvalue weighted by Gasteiger charge is -2.45. The van der Waals surface area contributed by atoms with E-state index in [1.54, 1.807) is 0 Å². The zero-order valence-electron chi connectivity index (χ0n) is 48.7. The predicted octanol–water partition coefficient (Wildman–Crippen LogP) is 19.1. The zero-order chi connectivity index (χ0) is 55.6. The third-order valence-corrected chi connectivity index (χ3v) is 17.2. The molecule has 0 saturated heterocycles. The van der Waals surface area contributed by atoms with Crippen LogP contribution in [0.15, 0.2) is 218 Å². The largest absolute Gasteiger partial charge is 0.311 e. The van der Waals surface area contributed by atoms with E-state index in [4.69, 9.17) is 0 Å². The van der Waals surface area contributed by atoms with Crippen LogP contribution in [0.1, 0.15) is 105 Å². The number of nitrogens with zero attached hydrogens (tertiary/aromatic N) is 3. The van der Waals surface area contributed by atoms with Crippen LogP contribution in [0.5, 0.6) is 0 Å². The fraction of sp³-hybridized carbons (Fsp3) is 0.211. The van der Waals surface area contributed by atoms with E-state index in [0.717, 1.165) is 17.1 Å². The van der Waals surface area contributed by atoms with Gasteiger partial charge in [0.15, 0.2) is 0 Å². The van der Waals surface area contributed by atoms with E-state index in [1.807, 2.05) is 0 Å². The highest BCUT2D eigenvalue weighted by molar-refractivity contribution is 7.00. The van der Waals surface area contributed by atoms with Gasteiger partial charge in [-0.3, -0.25) is 0 Å². The fourth-order valence-electron chi connectivity index (χ4n) is 12.8. The number of fused-ring (bicyclic) bond motifs is 7. The first-order chi connectivity index (χ1) is 38.2. The third kappa shape index (κ3) is 8.49. The highest BCUT2D eigenvalue weighted by atomic mass is 15.2. The smallest absolute Gasteiger partial charge is 0.252 e. The Morgan fingerprint density at radius 1 is 0.300 bits per heavy atom. The molecule has 0 amide bonds. The van der Waals surface area contributed by atoms with Crippen molar-refractivity contribution in [3.63, 3.8) is 0 Å². The topological polar surface area (TPSA) is 11.4 Å². The molecular formula is C76H72BN3. The van der Waals surface area contributed by atoms with Gasteiger partial charge >= 0.3 is 0 Å². The van der Waals surface area contributed by atoms with E-state index < -0.39 is 0 Å². The molecule has 0 aliphatic carbocycles. The molecule has 0 spiro atoms. The monoisotopic (exact) mass is 1040 g/mol. The molecule has 0 saturated carbocycles. The van der Waals surface area contributed by atoms with Gasteiger partial charge in [-0.15, -0.1) is 0 Å². The number of aromatic nitrogens is 1. The molecule has 0 N–H and O–H groups in total. The van der Waals surface area contributed by atoms with Crippen molar-refractivity contribution in [1.82, 2.24) is 4.57 Å². The molecule has 10 aromatic carbocycles. The van der Waals surface area contributed by atoms with Crippen LogP contribution in [0, 0.1) is 0 Å². The minimum Gasteiger partial charge on any atom is -0.311 e. The molecule has 0 radical (unpaired) electrons. The Hall–Kier alpha value is -8.34. The summed E-state index contributed by atoms with van der Waals surface area (Å²) in [6, 6.07) is 83.5. The van der Waals surface area contributed by atoms with E-state index in [9.17, 15) is 0 Å². The second kappa shape index (κ2) is 18.6. The van der Waals surface area contributed by atoms with Crippen LogP contribution >= 0.6 is 0 Å². The first-order valence-electron chi connectivity index (χ1n) is 28.8. The maximum atomic E-state index is 2.67. The molecule has 2 aliphatic heterocycles. The maximum Gasteiger partial charge on any atom is 0.252 e. The van der Waals surface area contributed by atoms with Gasteiger partial charge in [0, 0.05) is 50.2 Å². The standard InChI is InChI=1S/C76H72BN3/c1-73(2,3)52-36-39-64(57(42-52)49-26-16-13-17-27-49)79-67-34-24-22-32-62(67)77-63-33-23-25-35-68(63)80(72-58(50-28-18-14-19-29-50)45-55(76(10,11)12)46-59(72)51-30-20-15-21-31-51)70-48-56(47-69(79)71(70)77)78-65-40-37-53(74(4,5)6)43-60(65)61-44-54(75(7,8)9)38-41-66(61)78/h13-48H,1-12H3. The first-order valence-corrected chi connectivity index (χ1v) is 28.8. The summed E-state index contributed by atoms with van der Waals surface area (Å²) in [6.07, 6.45) is 0. The molecule has 0 atom stereocenters. The van der Waals surface area contributed by atoms with Gasteiger partial charge in [0.05, 0.1) is 28.1 Å². The van der Waals surface area contributed by atoms with Crippen molar-refractivity contribution in [2.24, 2.45) is 0 Å². The van der Waals surface area contributed by atoms with Crippen LogP contribution in [0.2, 0.25) is 0 Å². The molecule has 80 heavy (non-hydrogen) atoms. The molecule has 13 rings (SSSR count). The summed E-state index contributed by atoms with van der Waals surface area (Å²) in [7, 11) is 0. The van der Waals surface area contributed by atoms with Gasteiger partial charge in [-0.25, -0.2) is 0 Å². The SMILES string of the molecule is CC(C)(C)c1ccc(N2c3ccccc3B3c4ccccc4N(c4c(-c5ccccc5)cc(C(C)(C)C)cc4-c4ccccc4)c4cc(-n5c6ccc(C(C)(C)C)cc6c6cc(C(C)(C)C)ccc65)cc2c43)c(-c2ccccc2)c1. The predicted molar refractivity (Wildman–Crippen MR) is 346 cm³/mol. The van der Waals surface area contributed by atoms with Gasteiger partial charge in [-0.2, -0.15) is 0 Å². The Labute approximate surface area is 475 Å². The van der Waals surface area contributed by atoms with E-state index >= 15 is 0 Å². The molecule has 3 nitrogen and oxygen atoms in total. The fourth-order valence-corrected chi connectivity index (χ4v) is 12.8. The summed E-state index contributed by atoms with van der Waals surface area (Å²) in [5.41, 5.74) is 26.5. The van der Waals surface area contributed by atoms with E-state index in [-0.39, 0.29) is 28.4 Å². The van der Waals surface area contributed by atoms with Crippen molar-refractivity contribution in [3.8, 4) is 39.1 Å². The third-order valence-electron chi connectivity index (χ3n) is 17.2. The summed E-state index contributed by atoms with van der Waals surface area (Å²) < 4.78 is 2.58. The summed E-state index contributed by atoms with van der Waals surface area (Å²) in [5.74, 6) is 0. The average molecular weight is 1040 g/mol. The van der Waals surface area contributed by atoms with Crippen LogP contribution in [0.3, 0.4) is 0 Å². The van der Waals surface area contributed by atoms with E-state index in [0.29, 0.717) is 0 Å². The lowest BCUT2D eigenvalue weighted by molar-refractivity contribution is 0.590. The van der Waals surface area contributed by atoms with Crippen molar-refractivity contribution in [2.75, 3.05) is 9.80 Å². The Balaban J connectivity index is 1.23.